The van der Waals surface area contributed by atoms with Crippen molar-refractivity contribution in [3.05, 3.63) is 65.7 Å². The van der Waals surface area contributed by atoms with Gasteiger partial charge in [-0.2, -0.15) is 0 Å². The Bertz CT molecular complexity index is 687. The van der Waals surface area contributed by atoms with Crippen LogP contribution >= 0.6 is 0 Å². The summed E-state index contributed by atoms with van der Waals surface area (Å²) in [5.74, 6) is 0.839. The van der Waals surface area contributed by atoms with Crippen LogP contribution in [-0.2, 0) is 16.1 Å². The highest BCUT2D eigenvalue weighted by Crippen LogP contribution is 2.26. The van der Waals surface area contributed by atoms with Gasteiger partial charge in [-0.15, -0.1) is 0 Å². The summed E-state index contributed by atoms with van der Waals surface area (Å²) < 4.78 is 16.4. The summed E-state index contributed by atoms with van der Waals surface area (Å²) in [5.41, 5.74) is 2.16. The zero-order chi connectivity index (χ0) is 18.2. The lowest BCUT2D eigenvalue weighted by Crippen LogP contribution is -2.39. The number of amides is 1. The van der Waals surface area contributed by atoms with Crippen molar-refractivity contribution in [1.29, 1.82) is 0 Å². The molecular weight excluding hydrogens is 330 g/mol. The molecule has 0 aromatic heterocycles. The molecule has 1 heterocycles. The summed E-state index contributed by atoms with van der Waals surface area (Å²) in [6, 6.07) is 17.7. The van der Waals surface area contributed by atoms with Gasteiger partial charge in [-0.25, -0.2) is 4.79 Å². The molecule has 26 heavy (non-hydrogen) atoms. The number of hydrogen-bond acceptors (Lipinski definition) is 4. The molecule has 1 aliphatic rings. The summed E-state index contributed by atoms with van der Waals surface area (Å²) in [4.78, 5) is 13.9. The predicted octanol–water partition coefficient (Wildman–Crippen LogP) is 4.19. The van der Waals surface area contributed by atoms with Gasteiger partial charge in [-0.3, -0.25) is 0 Å². The van der Waals surface area contributed by atoms with Gasteiger partial charge in [0.15, 0.2) is 0 Å². The SMILES string of the molecule is COc1ccc(COCCCN2CCC(c3ccccc3)OC2=O)cc1. The highest BCUT2D eigenvalue weighted by Gasteiger charge is 2.27. The van der Waals surface area contributed by atoms with E-state index in [0.717, 1.165) is 36.3 Å². The van der Waals surface area contributed by atoms with E-state index in [-0.39, 0.29) is 12.2 Å². The maximum Gasteiger partial charge on any atom is 0.410 e. The molecule has 0 saturated carbocycles. The maximum absolute atomic E-state index is 12.2. The zero-order valence-corrected chi connectivity index (χ0v) is 15.1. The van der Waals surface area contributed by atoms with Gasteiger partial charge in [0.25, 0.3) is 0 Å². The van der Waals surface area contributed by atoms with Crippen molar-refractivity contribution in [2.24, 2.45) is 0 Å². The molecule has 0 radical (unpaired) electrons. The van der Waals surface area contributed by atoms with E-state index >= 15 is 0 Å². The van der Waals surface area contributed by atoms with E-state index in [2.05, 4.69) is 0 Å². The van der Waals surface area contributed by atoms with Crippen LogP contribution in [0.5, 0.6) is 5.75 Å². The van der Waals surface area contributed by atoms with E-state index < -0.39 is 0 Å². The molecule has 0 bridgehead atoms. The minimum atomic E-state index is -0.236. The van der Waals surface area contributed by atoms with Crippen LogP contribution in [0.1, 0.15) is 30.1 Å². The van der Waals surface area contributed by atoms with Crippen molar-refractivity contribution >= 4 is 6.09 Å². The normalized spacial score (nSPS) is 17.0. The van der Waals surface area contributed by atoms with Crippen LogP contribution in [0.3, 0.4) is 0 Å². The Morgan fingerprint density at radius 2 is 1.88 bits per heavy atom. The number of carbonyl (C=O) groups is 1. The molecule has 1 amide bonds. The third-order valence-corrected chi connectivity index (χ3v) is 4.48. The number of carbonyl (C=O) groups excluding carboxylic acids is 1. The highest BCUT2D eigenvalue weighted by molar-refractivity contribution is 5.68. The number of nitrogens with zero attached hydrogens (tertiary/aromatic N) is 1. The second kappa shape index (κ2) is 9.25. The third kappa shape index (κ3) is 4.99. The van der Waals surface area contributed by atoms with E-state index in [4.69, 9.17) is 14.2 Å². The molecule has 138 valence electrons. The van der Waals surface area contributed by atoms with Gasteiger partial charge in [-0.1, -0.05) is 42.5 Å². The molecule has 5 heteroatoms. The molecule has 1 atom stereocenters. The fourth-order valence-electron chi connectivity index (χ4n) is 2.99. The van der Waals surface area contributed by atoms with Crippen LogP contribution in [-0.4, -0.2) is 37.8 Å². The Morgan fingerprint density at radius 1 is 1.12 bits per heavy atom. The van der Waals surface area contributed by atoms with E-state index in [1.54, 1.807) is 12.0 Å². The quantitative estimate of drug-likeness (QED) is 0.666. The summed E-state index contributed by atoms with van der Waals surface area (Å²) >= 11 is 0. The van der Waals surface area contributed by atoms with Crippen molar-refractivity contribution in [2.45, 2.75) is 25.6 Å². The molecule has 1 unspecified atom stereocenters. The predicted molar refractivity (Wildman–Crippen MR) is 99.1 cm³/mol. The Labute approximate surface area is 154 Å². The Kier molecular flexibility index (Phi) is 6.50. The van der Waals surface area contributed by atoms with Crippen LogP contribution in [0.25, 0.3) is 0 Å². The third-order valence-electron chi connectivity index (χ3n) is 4.48. The first-order valence-electron chi connectivity index (χ1n) is 8.97. The number of ether oxygens (including phenoxy) is 3. The molecule has 2 aromatic carbocycles. The monoisotopic (exact) mass is 355 g/mol. The largest absolute Gasteiger partial charge is 0.497 e. The minimum Gasteiger partial charge on any atom is -0.497 e. The molecule has 1 saturated heterocycles. The number of hydrogen-bond donors (Lipinski definition) is 0. The Balaban J connectivity index is 1.34. The Morgan fingerprint density at radius 3 is 2.58 bits per heavy atom. The number of benzene rings is 2. The zero-order valence-electron chi connectivity index (χ0n) is 15.1. The lowest BCUT2D eigenvalue weighted by atomic mass is 10.1. The molecule has 1 fully saturated rings. The lowest BCUT2D eigenvalue weighted by molar-refractivity contribution is 0.0204. The van der Waals surface area contributed by atoms with Crippen LogP contribution in [0.2, 0.25) is 0 Å². The number of cyclic esters (lactones) is 1. The second-order valence-corrected chi connectivity index (χ2v) is 6.31. The van der Waals surface area contributed by atoms with Gasteiger partial charge in [0.1, 0.15) is 11.9 Å². The lowest BCUT2D eigenvalue weighted by Gasteiger charge is -2.32. The molecule has 0 N–H and O–H groups in total. The minimum absolute atomic E-state index is 0.133. The van der Waals surface area contributed by atoms with Crippen LogP contribution < -0.4 is 4.74 Å². The van der Waals surface area contributed by atoms with Gasteiger partial charge < -0.3 is 19.1 Å². The smallest absolute Gasteiger partial charge is 0.410 e. The highest BCUT2D eigenvalue weighted by atomic mass is 16.6. The van der Waals surface area contributed by atoms with Crippen LogP contribution in [0.4, 0.5) is 4.79 Å². The number of methoxy groups -OCH3 is 1. The van der Waals surface area contributed by atoms with E-state index in [9.17, 15) is 4.79 Å². The first-order chi connectivity index (χ1) is 12.8. The van der Waals surface area contributed by atoms with Gasteiger partial charge in [0, 0.05) is 26.1 Å². The number of rotatable bonds is 8. The van der Waals surface area contributed by atoms with Gasteiger partial charge in [0.05, 0.1) is 13.7 Å². The van der Waals surface area contributed by atoms with Crippen LogP contribution in [0, 0.1) is 0 Å². The van der Waals surface area contributed by atoms with Crippen molar-refractivity contribution in [2.75, 3.05) is 26.8 Å². The molecule has 1 aliphatic heterocycles. The van der Waals surface area contributed by atoms with Crippen molar-refractivity contribution in [3.63, 3.8) is 0 Å². The molecule has 0 spiro atoms. The molecule has 2 aromatic rings. The average molecular weight is 355 g/mol. The Hall–Kier alpha value is -2.53. The van der Waals surface area contributed by atoms with Crippen molar-refractivity contribution in [3.8, 4) is 5.75 Å². The fourth-order valence-corrected chi connectivity index (χ4v) is 2.99. The first kappa shape index (κ1) is 18.3. The van der Waals surface area contributed by atoms with Crippen LogP contribution in [0.15, 0.2) is 54.6 Å². The summed E-state index contributed by atoms with van der Waals surface area (Å²) in [7, 11) is 1.65. The summed E-state index contributed by atoms with van der Waals surface area (Å²) in [6.07, 6.45) is 1.25. The van der Waals surface area contributed by atoms with Gasteiger partial charge >= 0.3 is 6.09 Å². The van der Waals surface area contributed by atoms with Crippen molar-refractivity contribution in [1.82, 2.24) is 4.90 Å². The maximum atomic E-state index is 12.2. The standard InChI is InChI=1S/C21H25NO4/c1-24-19-10-8-17(9-11-19)16-25-15-5-13-22-14-12-20(26-21(22)23)18-6-3-2-4-7-18/h2-4,6-11,20H,5,12-16H2,1H3. The summed E-state index contributed by atoms with van der Waals surface area (Å²) in [5, 5.41) is 0. The van der Waals surface area contributed by atoms with E-state index in [1.165, 1.54) is 0 Å². The van der Waals surface area contributed by atoms with E-state index in [1.807, 2.05) is 54.6 Å². The summed E-state index contributed by atoms with van der Waals surface area (Å²) in [6.45, 7) is 2.54. The fraction of sp³-hybridized carbons (Fsp3) is 0.381. The second-order valence-electron chi connectivity index (χ2n) is 6.31. The molecule has 5 nitrogen and oxygen atoms in total. The van der Waals surface area contributed by atoms with Gasteiger partial charge in [-0.05, 0) is 29.7 Å². The topological polar surface area (TPSA) is 48.0 Å². The van der Waals surface area contributed by atoms with E-state index in [0.29, 0.717) is 19.8 Å². The van der Waals surface area contributed by atoms with Crippen molar-refractivity contribution < 1.29 is 19.0 Å². The average Bonchev–Trinajstić information content (AvgIpc) is 2.70. The molecule has 0 aliphatic carbocycles. The molecule has 3 rings (SSSR count). The van der Waals surface area contributed by atoms with Gasteiger partial charge in [0.2, 0.25) is 0 Å². The molecular formula is C21H25NO4. The first-order valence-corrected chi connectivity index (χ1v) is 8.97.